The van der Waals surface area contributed by atoms with Crippen molar-refractivity contribution in [2.24, 2.45) is 0 Å². The zero-order valence-corrected chi connectivity index (χ0v) is 8.00. The average molecular weight is 218 g/mol. The Morgan fingerprint density at radius 2 is 2.13 bits per heavy atom. The molecule has 0 bridgehead atoms. The van der Waals surface area contributed by atoms with Gasteiger partial charge in [0.1, 0.15) is 6.10 Å². The van der Waals surface area contributed by atoms with E-state index in [1.807, 2.05) is 0 Å². The molecule has 1 rings (SSSR count). The summed E-state index contributed by atoms with van der Waals surface area (Å²) >= 11 is 0. The Bertz CT molecular complexity index is 286. The third-order valence-corrected chi connectivity index (χ3v) is 2.46. The van der Waals surface area contributed by atoms with Crippen LogP contribution in [0.25, 0.3) is 0 Å². The highest BCUT2D eigenvalue weighted by atomic mass is 16.4. The van der Waals surface area contributed by atoms with Crippen molar-refractivity contribution < 1.29 is 30.3 Å². The fourth-order valence-electron chi connectivity index (χ4n) is 1.63. The summed E-state index contributed by atoms with van der Waals surface area (Å²) in [4.78, 5) is 10.7. The van der Waals surface area contributed by atoms with Crippen LogP contribution in [0.2, 0.25) is 0 Å². The second kappa shape index (κ2) is 4.28. The molecule has 6 nitrogen and oxygen atoms in total. The molecule has 0 fully saturated rings. The summed E-state index contributed by atoms with van der Waals surface area (Å²) in [6.07, 6.45) is -2.01. The van der Waals surface area contributed by atoms with Crippen molar-refractivity contribution in [1.82, 2.24) is 0 Å². The van der Waals surface area contributed by atoms with E-state index in [1.165, 1.54) is 0 Å². The molecule has 6 heteroatoms. The van der Waals surface area contributed by atoms with Crippen molar-refractivity contribution in [3.63, 3.8) is 0 Å². The third-order valence-electron chi connectivity index (χ3n) is 2.46. The van der Waals surface area contributed by atoms with Crippen LogP contribution in [0.4, 0.5) is 0 Å². The molecule has 0 heterocycles. The van der Waals surface area contributed by atoms with Gasteiger partial charge in [-0.25, -0.2) is 4.79 Å². The number of hydrogen-bond acceptors (Lipinski definition) is 5. The van der Waals surface area contributed by atoms with Gasteiger partial charge in [0.25, 0.3) is 0 Å². The van der Waals surface area contributed by atoms with Gasteiger partial charge in [-0.05, 0) is 18.1 Å². The van der Waals surface area contributed by atoms with Gasteiger partial charge < -0.3 is 25.5 Å². The van der Waals surface area contributed by atoms with Crippen LogP contribution < -0.4 is 0 Å². The van der Waals surface area contributed by atoms with E-state index < -0.39 is 30.2 Å². The third kappa shape index (κ3) is 2.35. The molecule has 0 aliphatic heterocycles. The molecule has 0 saturated heterocycles. The predicted octanol–water partition coefficient (Wildman–Crippen LogP) is -1.76. The van der Waals surface area contributed by atoms with Gasteiger partial charge >= 0.3 is 5.97 Å². The van der Waals surface area contributed by atoms with Crippen molar-refractivity contribution in [1.29, 1.82) is 0 Å². The van der Waals surface area contributed by atoms with Crippen molar-refractivity contribution in [2.75, 3.05) is 6.61 Å². The molecule has 0 aromatic carbocycles. The van der Waals surface area contributed by atoms with E-state index in [0.29, 0.717) is 0 Å². The van der Waals surface area contributed by atoms with E-state index in [1.54, 1.807) is 0 Å². The fourth-order valence-corrected chi connectivity index (χ4v) is 1.63. The van der Waals surface area contributed by atoms with Gasteiger partial charge in [-0.2, -0.15) is 0 Å². The lowest BCUT2D eigenvalue weighted by atomic mass is 9.82. The van der Waals surface area contributed by atoms with Crippen molar-refractivity contribution in [3.8, 4) is 0 Å². The number of carboxylic acid groups (broad SMARTS) is 1. The Morgan fingerprint density at radius 3 is 2.60 bits per heavy atom. The molecular formula is C9H14O6. The van der Waals surface area contributed by atoms with Gasteiger partial charge in [-0.1, -0.05) is 0 Å². The van der Waals surface area contributed by atoms with Gasteiger partial charge in [0.2, 0.25) is 0 Å². The number of hydrogen-bond donors (Lipinski definition) is 5. The Hall–Kier alpha value is -0.950. The first-order valence-electron chi connectivity index (χ1n) is 4.55. The molecule has 0 aromatic rings. The monoisotopic (exact) mass is 218 g/mol. The molecule has 0 radical (unpaired) electrons. The van der Waals surface area contributed by atoms with Crippen LogP contribution in [0.15, 0.2) is 11.6 Å². The van der Waals surface area contributed by atoms with Crippen LogP contribution in [0.3, 0.4) is 0 Å². The molecule has 1 aliphatic carbocycles. The summed E-state index contributed by atoms with van der Waals surface area (Å²) in [6, 6.07) is 0. The first-order chi connectivity index (χ1) is 6.90. The Balaban J connectivity index is 3.00. The van der Waals surface area contributed by atoms with E-state index in [9.17, 15) is 20.1 Å². The number of aliphatic hydroxyl groups excluding tert-OH is 3. The lowest BCUT2D eigenvalue weighted by Gasteiger charge is -2.33. The standard InChI is InChI=1S/C9H14O6/c10-2-1-5-3-9(15,8(13)14)4-6(11)7(5)12/h3,6-7,10-12,15H,1-2,4H2,(H,13,14)/t6-,7-,9+/m1/s1. The van der Waals surface area contributed by atoms with E-state index in [2.05, 4.69) is 0 Å². The summed E-state index contributed by atoms with van der Waals surface area (Å²) in [7, 11) is 0. The summed E-state index contributed by atoms with van der Waals surface area (Å²) in [6.45, 7) is -0.286. The van der Waals surface area contributed by atoms with Crippen LogP contribution in [0, 0.1) is 0 Å². The zero-order chi connectivity index (χ0) is 11.6. The SMILES string of the molecule is O=C(O)[C@]1(O)C=C(CCO)[C@@H](O)[C@H](O)C1. The maximum atomic E-state index is 10.7. The van der Waals surface area contributed by atoms with E-state index in [4.69, 9.17) is 10.2 Å². The van der Waals surface area contributed by atoms with Gasteiger partial charge in [-0.15, -0.1) is 0 Å². The van der Waals surface area contributed by atoms with Crippen LogP contribution in [-0.4, -0.2) is 55.9 Å². The molecule has 3 atom stereocenters. The minimum Gasteiger partial charge on any atom is -0.479 e. The predicted molar refractivity (Wildman–Crippen MR) is 49.0 cm³/mol. The normalized spacial score (nSPS) is 36.1. The van der Waals surface area contributed by atoms with Gasteiger partial charge in [0, 0.05) is 13.0 Å². The summed E-state index contributed by atoms with van der Waals surface area (Å²) in [5, 5.41) is 45.8. The molecule has 0 saturated carbocycles. The first kappa shape index (κ1) is 12.1. The highest BCUT2D eigenvalue weighted by Crippen LogP contribution is 2.29. The highest BCUT2D eigenvalue weighted by Gasteiger charge is 2.43. The second-order valence-corrected chi connectivity index (χ2v) is 3.64. The molecule has 86 valence electrons. The maximum absolute atomic E-state index is 10.7. The molecule has 1 aliphatic rings. The van der Waals surface area contributed by atoms with Crippen LogP contribution in [-0.2, 0) is 4.79 Å². The molecule has 0 spiro atoms. The van der Waals surface area contributed by atoms with Crippen molar-refractivity contribution in [2.45, 2.75) is 30.7 Å². The van der Waals surface area contributed by atoms with Gasteiger partial charge in [0.05, 0.1) is 6.10 Å². The summed E-state index contributed by atoms with van der Waals surface area (Å²) in [5.74, 6) is -1.48. The number of aliphatic carboxylic acids is 1. The quantitative estimate of drug-likeness (QED) is 0.358. The Morgan fingerprint density at radius 1 is 1.53 bits per heavy atom. The number of carbonyl (C=O) groups is 1. The fraction of sp³-hybridized carbons (Fsp3) is 0.667. The maximum Gasteiger partial charge on any atom is 0.339 e. The highest BCUT2D eigenvalue weighted by molar-refractivity contribution is 5.80. The molecular weight excluding hydrogens is 204 g/mol. The molecule has 15 heavy (non-hydrogen) atoms. The lowest BCUT2D eigenvalue weighted by Crippen LogP contribution is -2.48. The van der Waals surface area contributed by atoms with Crippen LogP contribution in [0.1, 0.15) is 12.8 Å². The molecule has 5 N–H and O–H groups in total. The Kier molecular flexibility index (Phi) is 3.46. The molecule has 0 amide bonds. The van der Waals surface area contributed by atoms with Crippen molar-refractivity contribution >= 4 is 5.97 Å². The Labute approximate surface area is 86.1 Å². The number of rotatable bonds is 3. The largest absolute Gasteiger partial charge is 0.479 e. The lowest BCUT2D eigenvalue weighted by molar-refractivity contribution is -0.158. The summed E-state index contributed by atoms with van der Waals surface area (Å²) in [5.41, 5.74) is -2.02. The minimum atomic E-state index is -2.16. The smallest absolute Gasteiger partial charge is 0.339 e. The second-order valence-electron chi connectivity index (χ2n) is 3.64. The topological polar surface area (TPSA) is 118 Å². The zero-order valence-electron chi connectivity index (χ0n) is 8.00. The number of carboxylic acids is 1. The first-order valence-corrected chi connectivity index (χ1v) is 4.55. The van der Waals surface area contributed by atoms with Gasteiger partial charge in [-0.3, -0.25) is 0 Å². The van der Waals surface area contributed by atoms with Gasteiger partial charge in [0.15, 0.2) is 5.60 Å². The minimum absolute atomic E-state index is 0.0216. The van der Waals surface area contributed by atoms with Crippen LogP contribution >= 0.6 is 0 Å². The van der Waals surface area contributed by atoms with Crippen molar-refractivity contribution in [3.05, 3.63) is 11.6 Å². The molecule has 0 unspecified atom stereocenters. The molecule has 0 aromatic heterocycles. The van der Waals surface area contributed by atoms with E-state index in [0.717, 1.165) is 6.08 Å². The summed E-state index contributed by atoms with van der Waals surface area (Å²) < 4.78 is 0. The van der Waals surface area contributed by atoms with Crippen LogP contribution in [0.5, 0.6) is 0 Å². The average Bonchev–Trinajstić information content (AvgIpc) is 2.14. The van der Waals surface area contributed by atoms with E-state index >= 15 is 0 Å². The van der Waals surface area contributed by atoms with E-state index in [-0.39, 0.29) is 18.6 Å². The number of aliphatic hydroxyl groups is 4.